The first kappa shape index (κ1) is 15.2. The maximum absolute atomic E-state index is 12.9. The molecule has 5 heteroatoms. The van der Waals surface area contributed by atoms with E-state index in [2.05, 4.69) is 5.32 Å². The smallest absolute Gasteiger partial charge is 0.233 e. The van der Waals surface area contributed by atoms with Gasteiger partial charge in [-0.15, -0.1) is 0 Å². The van der Waals surface area contributed by atoms with Crippen molar-refractivity contribution in [2.45, 2.75) is 25.7 Å². The lowest BCUT2D eigenvalue weighted by molar-refractivity contribution is -0.139. The van der Waals surface area contributed by atoms with E-state index >= 15 is 0 Å². The third kappa shape index (κ3) is 3.35. The Morgan fingerprint density at radius 2 is 2.00 bits per heavy atom. The molecule has 22 heavy (non-hydrogen) atoms. The Labute approximate surface area is 129 Å². The van der Waals surface area contributed by atoms with Gasteiger partial charge in [0.05, 0.1) is 5.92 Å². The zero-order chi connectivity index (χ0) is 15.5. The summed E-state index contributed by atoms with van der Waals surface area (Å²) in [5.41, 5.74) is 0.898. The van der Waals surface area contributed by atoms with Crippen molar-refractivity contribution in [3.63, 3.8) is 0 Å². The van der Waals surface area contributed by atoms with Crippen LogP contribution in [0.25, 0.3) is 0 Å². The molecule has 0 saturated carbocycles. The number of halogens is 1. The van der Waals surface area contributed by atoms with Gasteiger partial charge >= 0.3 is 0 Å². The second-order valence-corrected chi connectivity index (χ2v) is 6.26. The number of nitrogens with one attached hydrogen (secondary N) is 1. The predicted octanol–water partition coefficient (Wildman–Crippen LogP) is 1.74. The molecule has 0 aliphatic carbocycles. The summed E-state index contributed by atoms with van der Waals surface area (Å²) in [5.74, 6) is -0.149. The topological polar surface area (TPSA) is 49.4 Å². The molecule has 118 valence electrons. The lowest BCUT2D eigenvalue weighted by Gasteiger charge is -2.17. The van der Waals surface area contributed by atoms with Gasteiger partial charge in [0.2, 0.25) is 11.8 Å². The number of carbonyl (C=O) groups is 2. The first-order valence-electron chi connectivity index (χ1n) is 7.93. The van der Waals surface area contributed by atoms with E-state index < -0.39 is 0 Å². The minimum absolute atomic E-state index is 0.0666. The lowest BCUT2D eigenvalue weighted by Crippen LogP contribution is -2.33. The molecule has 2 aliphatic heterocycles. The number of benzene rings is 1. The molecular weight excluding hydrogens is 283 g/mol. The van der Waals surface area contributed by atoms with Gasteiger partial charge in [-0.2, -0.15) is 0 Å². The predicted molar refractivity (Wildman–Crippen MR) is 80.5 cm³/mol. The van der Waals surface area contributed by atoms with Crippen LogP contribution in [-0.4, -0.2) is 36.3 Å². The van der Waals surface area contributed by atoms with Crippen molar-refractivity contribution in [1.29, 1.82) is 0 Å². The number of hydrogen-bond donors (Lipinski definition) is 1. The minimum atomic E-state index is -0.292. The van der Waals surface area contributed by atoms with Crippen LogP contribution < -0.4 is 5.32 Å². The van der Waals surface area contributed by atoms with Crippen LogP contribution in [0.5, 0.6) is 0 Å². The molecule has 0 radical (unpaired) electrons. The Morgan fingerprint density at radius 3 is 2.68 bits per heavy atom. The van der Waals surface area contributed by atoms with E-state index in [1.165, 1.54) is 17.0 Å². The van der Waals surface area contributed by atoms with Crippen LogP contribution >= 0.6 is 0 Å². The largest absolute Gasteiger partial charge is 0.316 e. The van der Waals surface area contributed by atoms with E-state index in [0.717, 1.165) is 31.5 Å². The Bertz CT molecular complexity index is 552. The molecule has 2 atom stereocenters. The van der Waals surface area contributed by atoms with Gasteiger partial charge in [0.25, 0.3) is 0 Å². The number of imide groups is 1. The molecular formula is C17H21FN2O2. The summed E-state index contributed by atoms with van der Waals surface area (Å²) in [5, 5.41) is 3.30. The van der Waals surface area contributed by atoms with E-state index in [-0.39, 0.29) is 30.0 Å². The summed E-state index contributed by atoms with van der Waals surface area (Å²) in [4.78, 5) is 25.9. The number of carbonyl (C=O) groups excluding carboxylic acids is 2. The van der Waals surface area contributed by atoms with Gasteiger partial charge in [0, 0.05) is 13.0 Å². The zero-order valence-corrected chi connectivity index (χ0v) is 12.6. The molecule has 2 saturated heterocycles. The average molecular weight is 304 g/mol. The van der Waals surface area contributed by atoms with Gasteiger partial charge in [-0.05, 0) is 56.0 Å². The van der Waals surface area contributed by atoms with Crippen LogP contribution in [-0.2, 0) is 16.0 Å². The Balaban J connectivity index is 1.57. The molecule has 4 nitrogen and oxygen atoms in total. The molecule has 0 bridgehead atoms. The first-order chi connectivity index (χ1) is 10.6. The molecule has 3 rings (SSSR count). The summed E-state index contributed by atoms with van der Waals surface area (Å²) >= 11 is 0. The molecule has 0 aromatic heterocycles. The van der Waals surface area contributed by atoms with Crippen LogP contribution in [0, 0.1) is 17.7 Å². The molecule has 2 heterocycles. The molecule has 0 spiro atoms. The van der Waals surface area contributed by atoms with Crippen molar-refractivity contribution in [3.05, 3.63) is 35.6 Å². The van der Waals surface area contributed by atoms with Crippen molar-refractivity contribution in [2.24, 2.45) is 11.8 Å². The second kappa shape index (κ2) is 6.57. The van der Waals surface area contributed by atoms with Gasteiger partial charge in [-0.25, -0.2) is 4.39 Å². The Morgan fingerprint density at radius 1 is 1.23 bits per heavy atom. The van der Waals surface area contributed by atoms with Gasteiger partial charge < -0.3 is 5.32 Å². The summed E-state index contributed by atoms with van der Waals surface area (Å²) in [6.07, 6.45) is 2.79. The van der Waals surface area contributed by atoms with Gasteiger partial charge in [-0.1, -0.05) is 12.1 Å². The lowest BCUT2D eigenvalue weighted by atomic mass is 9.98. The van der Waals surface area contributed by atoms with Crippen molar-refractivity contribution >= 4 is 11.8 Å². The maximum Gasteiger partial charge on any atom is 0.233 e. The van der Waals surface area contributed by atoms with Crippen molar-refractivity contribution < 1.29 is 14.0 Å². The quantitative estimate of drug-likeness (QED) is 0.843. The van der Waals surface area contributed by atoms with Crippen LogP contribution in [0.2, 0.25) is 0 Å². The van der Waals surface area contributed by atoms with Crippen molar-refractivity contribution in [3.8, 4) is 0 Å². The Kier molecular flexibility index (Phi) is 4.52. The standard InChI is InChI=1S/C17H21FN2O2/c18-15-3-1-12(2-4-15)9-14-10-16(21)20(17(14)22)8-6-13-5-7-19-11-13/h1-4,13-14,19H,5-11H2. The number of hydrogen-bond acceptors (Lipinski definition) is 3. The summed E-state index contributed by atoms with van der Waals surface area (Å²) in [6.45, 7) is 2.54. The van der Waals surface area contributed by atoms with E-state index in [1.54, 1.807) is 12.1 Å². The van der Waals surface area contributed by atoms with Crippen LogP contribution in [0.3, 0.4) is 0 Å². The number of rotatable bonds is 5. The molecule has 2 unspecified atom stereocenters. The Hall–Kier alpha value is -1.75. The van der Waals surface area contributed by atoms with E-state index in [1.807, 2.05) is 0 Å². The highest BCUT2D eigenvalue weighted by atomic mass is 19.1. The van der Waals surface area contributed by atoms with Gasteiger partial charge in [0.15, 0.2) is 0 Å². The summed E-state index contributed by atoms with van der Waals surface area (Å²) in [7, 11) is 0. The van der Waals surface area contributed by atoms with Crippen molar-refractivity contribution in [1.82, 2.24) is 10.2 Å². The molecule has 2 aliphatic rings. The molecule has 1 aromatic carbocycles. The highest BCUT2D eigenvalue weighted by Gasteiger charge is 2.38. The normalized spacial score (nSPS) is 25.2. The monoisotopic (exact) mass is 304 g/mol. The fourth-order valence-electron chi connectivity index (χ4n) is 3.32. The number of likely N-dealkylation sites (tertiary alicyclic amines) is 1. The van der Waals surface area contributed by atoms with E-state index in [0.29, 0.717) is 18.9 Å². The fraction of sp³-hybridized carbons (Fsp3) is 0.529. The molecule has 2 amide bonds. The summed E-state index contributed by atoms with van der Waals surface area (Å²) < 4.78 is 12.9. The zero-order valence-electron chi connectivity index (χ0n) is 12.6. The highest BCUT2D eigenvalue weighted by molar-refractivity contribution is 6.03. The van der Waals surface area contributed by atoms with Crippen LogP contribution in [0.1, 0.15) is 24.8 Å². The third-order valence-electron chi connectivity index (χ3n) is 4.66. The minimum Gasteiger partial charge on any atom is -0.316 e. The van der Waals surface area contributed by atoms with Crippen molar-refractivity contribution in [2.75, 3.05) is 19.6 Å². The van der Waals surface area contributed by atoms with E-state index in [9.17, 15) is 14.0 Å². The SMILES string of the molecule is O=C1CC(Cc2ccc(F)cc2)C(=O)N1CCC1CCNC1. The molecule has 2 fully saturated rings. The average Bonchev–Trinajstić information content (AvgIpc) is 3.10. The highest BCUT2D eigenvalue weighted by Crippen LogP contribution is 2.25. The van der Waals surface area contributed by atoms with Crippen LogP contribution in [0.15, 0.2) is 24.3 Å². The molecule has 1 aromatic rings. The summed E-state index contributed by atoms with van der Waals surface area (Å²) in [6, 6.07) is 6.14. The van der Waals surface area contributed by atoms with Gasteiger partial charge in [0.1, 0.15) is 5.82 Å². The molecule has 1 N–H and O–H groups in total. The first-order valence-corrected chi connectivity index (χ1v) is 7.93. The fourth-order valence-corrected chi connectivity index (χ4v) is 3.32. The number of nitrogens with zero attached hydrogens (tertiary/aromatic N) is 1. The third-order valence-corrected chi connectivity index (χ3v) is 4.66. The maximum atomic E-state index is 12.9. The second-order valence-electron chi connectivity index (χ2n) is 6.26. The number of amides is 2. The van der Waals surface area contributed by atoms with Crippen LogP contribution in [0.4, 0.5) is 4.39 Å². The van der Waals surface area contributed by atoms with E-state index in [4.69, 9.17) is 0 Å². The van der Waals surface area contributed by atoms with Gasteiger partial charge in [-0.3, -0.25) is 14.5 Å².